The lowest BCUT2D eigenvalue weighted by Crippen LogP contribution is -1.97. The van der Waals surface area contributed by atoms with Gasteiger partial charge in [0.05, 0.1) is 5.52 Å². The Balaban J connectivity index is 1.74. The number of aromatic amines is 1. The van der Waals surface area contributed by atoms with Crippen LogP contribution < -0.4 is 10.5 Å². The first kappa shape index (κ1) is 10.6. The fourth-order valence-electron chi connectivity index (χ4n) is 1.68. The van der Waals surface area contributed by atoms with Crippen molar-refractivity contribution >= 4 is 16.9 Å². The maximum absolute atomic E-state index is 5.60. The molecular formula is C13H12N4O. The van der Waals surface area contributed by atoms with E-state index in [2.05, 4.69) is 15.0 Å². The van der Waals surface area contributed by atoms with Crippen LogP contribution in [0.3, 0.4) is 0 Å². The van der Waals surface area contributed by atoms with Crippen molar-refractivity contribution in [3.8, 4) is 5.75 Å². The van der Waals surface area contributed by atoms with Crippen molar-refractivity contribution in [2.24, 2.45) is 0 Å². The van der Waals surface area contributed by atoms with E-state index in [9.17, 15) is 0 Å². The number of aromatic nitrogens is 3. The summed E-state index contributed by atoms with van der Waals surface area (Å²) in [6.07, 6.45) is 1.72. The molecular weight excluding hydrogens is 228 g/mol. The highest BCUT2D eigenvalue weighted by atomic mass is 16.5. The molecule has 2 aromatic heterocycles. The number of imidazole rings is 1. The second-order valence-corrected chi connectivity index (χ2v) is 3.92. The standard InChI is InChI=1S/C13H12N4O/c14-9-3-5-10(6-4-9)18-8-12-16-11-2-1-7-15-13(11)17-12/h1-7H,8,14H2,(H,15,16,17). The van der Waals surface area contributed by atoms with E-state index in [1.165, 1.54) is 0 Å². The first-order valence-electron chi connectivity index (χ1n) is 5.59. The lowest BCUT2D eigenvalue weighted by Gasteiger charge is -2.03. The molecule has 90 valence electrons. The molecule has 0 aliphatic carbocycles. The van der Waals surface area contributed by atoms with Crippen LogP contribution in [0.5, 0.6) is 5.75 Å². The van der Waals surface area contributed by atoms with E-state index in [4.69, 9.17) is 10.5 Å². The molecule has 0 radical (unpaired) electrons. The number of hydrogen-bond donors (Lipinski definition) is 2. The Hall–Kier alpha value is -2.56. The van der Waals surface area contributed by atoms with Crippen LogP contribution in [0.4, 0.5) is 5.69 Å². The van der Waals surface area contributed by atoms with Crippen LogP contribution in [0.2, 0.25) is 0 Å². The van der Waals surface area contributed by atoms with Crippen molar-refractivity contribution in [1.82, 2.24) is 15.0 Å². The summed E-state index contributed by atoms with van der Waals surface area (Å²) < 4.78 is 5.60. The van der Waals surface area contributed by atoms with Crippen LogP contribution in [-0.2, 0) is 6.61 Å². The van der Waals surface area contributed by atoms with Crippen molar-refractivity contribution in [2.75, 3.05) is 5.73 Å². The van der Waals surface area contributed by atoms with Crippen molar-refractivity contribution < 1.29 is 4.74 Å². The van der Waals surface area contributed by atoms with E-state index in [0.717, 1.165) is 22.8 Å². The minimum atomic E-state index is 0.375. The molecule has 0 aliphatic heterocycles. The van der Waals surface area contributed by atoms with Gasteiger partial charge in [0.1, 0.15) is 18.2 Å². The number of pyridine rings is 1. The first-order chi connectivity index (χ1) is 8.81. The second kappa shape index (κ2) is 4.37. The van der Waals surface area contributed by atoms with Crippen molar-refractivity contribution in [2.45, 2.75) is 6.61 Å². The number of benzene rings is 1. The van der Waals surface area contributed by atoms with Gasteiger partial charge in [-0.1, -0.05) is 0 Å². The lowest BCUT2D eigenvalue weighted by atomic mass is 10.3. The SMILES string of the molecule is Nc1ccc(OCc2nc3ncccc3[nH]2)cc1. The van der Waals surface area contributed by atoms with Gasteiger partial charge in [-0.3, -0.25) is 0 Å². The molecule has 2 heterocycles. The second-order valence-electron chi connectivity index (χ2n) is 3.92. The minimum Gasteiger partial charge on any atom is -0.486 e. The average Bonchev–Trinajstić information content (AvgIpc) is 2.81. The first-order valence-corrected chi connectivity index (χ1v) is 5.59. The summed E-state index contributed by atoms with van der Waals surface area (Å²) in [6.45, 7) is 0.375. The molecule has 0 atom stereocenters. The van der Waals surface area contributed by atoms with Crippen molar-refractivity contribution in [3.05, 3.63) is 48.4 Å². The number of H-pyrrole nitrogens is 1. The number of nitrogens with one attached hydrogen (secondary N) is 1. The zero-order valence-corrected chi connectivity index (χ0v) is 9.63. The van der Waals surface area contributed by atoms with Crippen LogP contribution >= 0.6 is 0 Å². The topological polar surface area (TPSA) is 76.8 Å². The van der Waals surface area contributed by atoms with Crippen LogP contribution in [-0.4, -0.2) is 15.0 Å². The molecule has 0 saturated heterocycles. The average molecular weight is 240 g/mol. The predicted molar refractivity (Wildman–Crippen MR) is 69.1 cm³/mol. The molecule has 3 rings (SSSR count). The summed E-state index contributed by atoms with van der Waals surface area (Å²) in [5.74, 6) is 1.51. The third-order valence-electron chi connectivity index (χ3n) is 2.56. The third kappa shape index (κ3) is 2.10. The van der Waals surface area contributed by atoms with E-state index in [-0.39, 0.29) is 0 Å². The van der Waals surface area contributed by atoms with Gasteiger partial charge in [0.15, 0.2) is 5.65 Å². The molecule has 5 heteroatoms. The number of hydrogen-bond acceptors (Lipinski definition) is 4. The lowest BCUT2D eigenvalue weighted by molar-refractivity contribution is 0.297. The quantitative estimate of drug-likeness (QED) is 0.687. The number of anilines is 1. The van der Waals surface area contributed by atoms with E-state index < -0.39 is 0 Å². The van der Waals surface area contributed by atoms with Crippen LogP contribution in [0, 0.1) is 0 Å². The smallest absolute Gasteiger partial charge is 0.177 e. The highest BCUT2D eigenvalue weighted by Crippen LogP contribution is 2.15. The minimum absolute atomic E-state index is 0.375. The zero-order chi connectivity index (χ0) is 12.4. The van der Waals surface area contributed by atoms with E-state index in [0.29, 0.717) is 12.3 Å². The molecule has 3 aromatic rings. The summed E-state index contributed by atoms with van der Waals surface area (Å²) in [7, 11) is 0. The molecule has 0 amide bonds. The summed E-state index contributed by atoms with van der Waals surface area (Å²) in [5, 5.41) is 0. The molecule has 5 nitrogen and oxygen atoms in total. The molecule has 0 saturated carbocycles. The van der Waals surface area contributed by atoms with Crippen LogP contribution in [0.1, 0.15) is 5.82 Å². The van der Waals surface area contributed by atoms with Gasteiger partial charge in [-0.15, -0.1) is 0 Å². The van der Waals surface area contributed by atoms with Gasteiger partial charge in [-0.25, -0.2) is 9.97 Å². The molecule has 0 aliphatic rings. The molecule has 3 N–H and O–H groups in total. The number of nitrogens with two attached hydrogens (primary N) is 1. The summed E-state index contributed by atoms with van der Waals surface area (Å²) in [4.78, 5) is 11.6. The number of rotatable bonds is 3. The van der Waals surface area contributed by atoms with Gasteiger partial charge in [-0.05, 0) is 36.4 Å². The van der Waals surface area contributed by atoms with Gasteiger partial charge in [0.2, 0.25) is 0 Å². The normalized spacial score (nSPS) is 10.7. The Morgan fingerprint density at radius 3 is 2.78 bits per heavy atom. The fourth-order valence-corrected chi connectivity index (χ4v) is 1.68. The Morgan fingerprint density at radius 1 is 1.17 bits per heavy atom. The van der Waals surface area contributed by atoms with Crippen LogP contribution in [0.25, 0.3) is 11.2 Å². The summed E-state index contributed by atoms with van der Waals surface area (Å²) >= 11 is 0. The Kier molecular flexibility index (Phi) is 2.57. The maximum atomic E-state index is 5.60. The van der Waals surface area contributed by atoms with Gasteiger partial charge in [-0.2, -0.15) is 0 Å². The Labute approximate surface area is 104 Å². The highest BCUT2D eigenvalue weighted by molar-refractivity contribution is 5.69. The molecule has 18 heavy (non-hydrogen) atoms. The van der Waals surface area contributed by atoms with Crippen molar-refractivity contribution in [1.29, 1.82) is 0 Å². The fraction of sp³-hybridized carbons (Fsp3) is 0.0769. The number of fused-ring (bicyclic) bond motifs is 1. The van der Waals surface area contributed by atoms with E-state index in [1.807, 2.05) is 24.3 Å². The highest BCUT2D eigenvalue weighted by Gasteiger charge is 2.03. The monoisotopic (exact) mass is 240 g/mol. The molecule has 0 spiro atoms. The number of ether oxygens (including phenoxy) is 1. The van der Waals surface area contributed by atoms with Gasteiger partial charge < -0.3 is 15.5 Å². The number of nitrogen functional groups attached to an aromatic ring is 1. The molecule has 0 bridgehead atoms. The zero-order valence-electron chi connectivity index (χ0n) is 9.63. The van der Waals surface area contributed by atoms with E-state index in [1.54, 1.807) is 18.3 Å². The maximum Gasteiger partial charge on any atom is 0.177 e. The summed E-state index contributed by atoms with van der Waals surface area (Å²) in [6, 6.07) is 11.1. The predicted octanol–water partition coefficient (Wildman–Crippen LogP) is 2.12. The summed E-state index contributed by atoms with van der Waals surface area (Å²) in [5.41, 5.74) is 7.93. The molecule has 0 fully saturated rings. The van der Waals surface area contributed by atoms with Crippen molar-refractivity contribution in [3.63, 3.8) is 0 Å². The van der Waals surface area contributed by atoms with Gasteiger partial charge >= 0.3 is 0 Å². The number of nitrogens with zero attached hydrogens (tertiary/aromatic N) is 2. The van der Waals surface area contributed by atoms with Crippen LogP contribution in [0.15, 0.2) is 42.6 Å². The molecule has 1 aromatic carbocycles. The Bertz CT molecular complexity index is 627. The Morgan fingerprint density at radius 2 is 2.00 bits per heavy atom. The van der Waals surface area contributed by atoms with Gasteiger partial charge in [0.25, 0.3) is 0 Å². The third-order valence-corrected chi connectivity index (χ3v) is 2.56. The molecule has 0 unspecified atom stereocenters. The largest absolute Gasteiger partial charge is 0.486 e. The van der Waals surface area contributed by atoms with Gasteiger partial charge in [0, 0.05) is 11.9 Å². The van der Waals surface area contributed by atoms with E-state index >= 15 is 0 Å².